The number of ketones is 1. The van der Waals surface area contributed by atoms with E-state index >= 15 is 0 Å². The van der Waals surface area contributed by atoms with Gasteiger partial charge in [-0.3, -0.25) is 14.4 Å². The second-order valence-electron chi connectivity index (χ2n) is 10.7. The summed E-state index contributed by atoms with van der Waals surface area (Å²) in [5.74, 6) is -0.567. The standard InChI is InChI=1S/C26H38N4O4S/c1-6-28-11-13-29(14-12-28)18-9-7-17(8-10-18)24(32)27-23(26(2,3)4)25(33)30-15-20(35-5)22-21(30)19(31)16-34-22/h7-10,20-23H,6,11-16H2,1-5H3,(H,27,32)/t20-,21+,22+,23+/m0/s1. The lowest BCUT2D eigenvalue weighted by molar-refractivity contribution is -0.140. The van der Waals surface area contributed by atoms with Crippen LogP contribution in [0.25, 0.3) is 0 Å². The second-order valence-corrected chi connectivity index (χ2v) is 11.8. The Morgan fingerprint density at radius 2 is 1.80 bits per heavy atom. The van der Waals surface area contributed by atoms with Crippen molar-refractivity contribution < 1.29 is 19.1 Å². The zero-order chi connectivity index (χ0) is 25.3. The van der Waals surface area contributed by atoms with Crippen LogP contribution in [-0.4, -0.2) is 103 Å². The van der Waals surface area contributed by atoms with Crippen molar-refractivity contribution in [3.8, 4) is 0 Å². The summed E-state index contributed by atoms with van der Waals surface area (Å²) < 4.78 is 5.70. The SMILES string of the molecule is CCN1CCN(c2ccc(C(=O)N[C@H](C(=O)N3C[C@H](SC)[C@H]4OCC(=O)[C@H]43)C(C)(C)C)cc2)CC1. The third-order valence-corrected chi connectivity index (χ3v) is 8.45. The van der Waals surface area contributed by atoms with Crippen LogP contribution in [0, 0.1) is 5.41 Å². The number of nitrogens with zero attached hydrogens (tertiary/aromatic N) is 3. The fourth-order valence-electron chi connectivity index (χ4n) is 5.22. The van der Waals surface area contributed by atoms with Crippen LogP contribution in [0.1, 0.15) is 38.1 Å². The van der Waals surface area contributed by atoms with Crippen molar-refractivity contribution in [1.82, 2.24) is 15.1 Å². The number of amides is 2. The number of likely N-dealkylation sites (tertiary alicyclic amines) is 1. The van der Waals surface area contributed by atoms with Crippen molar-refractivity contribution in [2.45, 2.75) is 51.1 Å². The van der Waals surface area contributed by atoms with Crippen molar-refractivity contribution in [1.29, 1.82) is 0 Å². The van der Waals surface area contributed by atoms with Gasteiger partial charge in [-0.25, -0.2) is 0 Å². The summed E-state index contributed by atoms with van der Waals surface area (Å²) >= 11 is 1.61. The Morgan fingerprint density at radius 1 is 1.14 bits per heavy atom. The molecule has 3 aliphatic heterocycles. The molecule has 8 nitrogen and oxygen atoms in total. The number of carbonyl (C=O) groups excluding carboxylic acids is 3. The largest absolute Gasteiger partial charge is 0.369 e. The van der Waals surface area contributed by atoms with Gasteiger partial charge in [0.1, 0.15) is 18.7 Å². The van der Waals surface area contributed by atoms with Crippen LogP contribution in [-0.2, 0) is 14.3 Å². The van der Waals surface area contributed by atoms with E-state index in [1.807, 2.05) is 51.3 Å². The zero-order valence-corrected chi connectivity index (χ0v) is 22.3. The number of ether oxygens (including phenoxy) is 1. The molecule has 2 amide bonds. The van der Waals surface area contributed by atoms with E-state index < -0.39 is 17.5 Å². The third-order valence-electron chi connectivity index (χ3n) is 7.43. The molecule has 3 fully saturated rings. The summed E-state index contributed by atoms with van der Waals surface area (Å²) in [6, 6.07) is 6.29. The molecule has 0 unspecified atom stereocenters. The molecule has 1 N–H and O–H groups in total. The average Bonchev–Trinajstić information content (AvgIpc) is 3.41. The molecule has 0 aromatic heterocycles. The molecule has 0 radical (unpaired) electrons. The Hall–Kier alpha value is -2.10. The number of Topliss-reactive ketones (excluding diaryl/α,β-unsaturated/α-hetero) is 1. The molecular weight excluding hydrogens is 464 g/mol. The van der Waals surface area contributed by atoms with E-state index in [1.54, 1.807) is 16.7 Å². The highest BCUT2D eigenvalue weighted by Gasteiger charge is 2.53. The van der Waals surface area contributed by atoms with Crippen LogP contribution < -0.4 is 10.2 Å². The number of anilines is 1. The van der Waals surface area contributed by atoms with E-state index in [-0.39, 0.29) is 35.6 Å². The minimum absolute atomic E-state index is 0.0442. The Kier molecular flexibility index (Phi) is 7.78. The van der Waals surface area contributed by atoms with Gasteiger partial charge in [0.25, 0.3) is 5.91 Å². The van der Waals surface area contributed by atoms with E-state index in [1.165, 1.54) is 0 Å². The summed E-state index contributed by atoms with van der Waals surface area (Å²) in [4.78, 5) is 45.8. The van der Waals surface area contributed by atoms with Crippen molar-refractivity contribution >= 4 is 35.0 Å². The van der Waals surface area contributed by atoms with Gasteiger partial charge in [-0.05, 0) is 42.5 Å². The first kappa shape index (κ1) is 26.0. The van der Waals surface area contributed by atoms with Crippen LogP contribution in [0.15, 0.2) is 24.3 Å². The van der Waals surface area contributed by atoms with Crippen LogP contribution in [0.5, 0.6) is 0 Å². The predicted octanol–water partition coefficient (Wildman–Crippen LogP) is 1.88. The Bertz CT molecular complexity index is 940. The van der Waals surface area contributed by atoms with Gasteiger partial charge in [-0.2, -0.15) is 11.8 Å². The van der Waals surface area contributed by atoms with E-state index in [4.69, 9.17) is 4.74 Å². The van der Waals surface area contributed by atoms with Crippen LogP contribution in [0.3, 0.4) is 0 Å². The number of fused-ring (bicyclic) bond motifs is 1. The Balaban J connectivity index is 1.46. The molecule has 0 bridgehead atoms. The molecule has 0 saturated carbocycles. The molecule has 1 aromatic carbocycles. The number of carbonyl (C=O) groups is 3. The van der Waals surface area contributed by atoms with Gasteiger partial charge in [0.15, 0.2) is 5.78 Å². The lowest BCUT2D eigenvalue weighted by atomic mass is 9.85. The lowest BCUT2D eigenvalue weighted by Crippen LogP contribution is -2.57. The lowest BCUT2D eigenvalue weighted by Gasteiger charge is -2.36. The first-order chi connectivity index (χ1) is 16.6. The number of hydrogen-bond acceptors (Lipinski definition) is 7. The number of thioether (sulfide) groups is 1. The molecule has 4 rings (SSSR count). The summed E-state index contributed by atoms with van der Waals surface area (Å²) in [6.45, 7) is 13.6. The molecule has 192 valence electrons. The summed E-state index contributed by atoms with van der Waals surface area (Å²) in [6.07, 6.45) is 1.70. The molecule has 9 heteroatoms. The van der Waals surface area contributed by atoms with Gasteiger partial charge in [-0.15, -0.1) is 0 Å². The van der Waals surface area contributed by atoms with Gasteiger partial charge >= 0.3 is 0 Å². The van der Waals surface area contributed by atoms with E-state index in [0.29, 0.717) is 12.1 Å². The van der Waals surface area contributed by atoms with E-state index in [2.05, 4.69) is 22.0 Å². The second kappa shape index (κ2) is 10.5. The zero-order valence-electron chi connectivity index (χ0n) is 21.5. The molecule has 4 atom stereocenters. The maximum Gasteiger partial charge on any atom is 0.251 e. The molecule has 3 heterocycles. The van der Waals surface area contributed by atoms with Gasteiger partial charge in [0.05, 0.1) is 11.4 Å². The maximum atomic E-state index is 13.7. The van der Waals surface area contributed by atoms with Gasteiger partial charge in [0, 0.05) is 44.0 Å². The number of rotatable bonds is 6. The quantitative estimate of drug-likeness (QED) is 0.636. The van der Waals surface area contributed by atoms with E-state index in [9.17, 15) is 14.4 Å². The Morgan fingerprint density at radius 3 is 2.37 bits per heavy atom. The van der Waals surface area contributed by atoms with Crippen LogP contribution in [0.2, 0.25) is 0 Å². The molecule has 0 aliphatic carbocycles. The summed E-state index contributed by atoms with van der Waals surface area (Å²) in [7, 11) is 0. The van der Waals surface area contributed by atoms with Crippen molar-refractivity contribution in [3.05, 3.63) is 29.8 Å². The number of likely N-dealkylation sites (N-methyl/N-ethyl adjacent to an activating group) is 1. The van der Waals surface area contributed by atoms with Gasteiger partial charge in [0.2, 0.25) is 5.91 Å². The fourth-order valence-corrected chi connectivity index (χ4v) is 6.03. The summed E-state index contributed by atoms with van der Waals surface area (Å²) in [5.41, 5.74) is 1.09. The number of hydrogen-bond donors (Lipinski definition) is 1. The maximum absolute atomic E-state index is 13.7. The van der Waals surface area contributed by atoms with Crippen molar-refractivity contribution in [2.24, 2.45) is 5.41 Å². The number of benzene rings is 1. The molecule has 0 spiro atoms. The molecular formula is C26H38N4O4S. The highest BCUT2D eigenvalue weighted by atomic mass is 32.2. The molecule has 35 heavy (non-hydrogen) atoms. The highest BCUT2D eigenvalue weighted by molar-refractivity contribution is 7.99. The smallest absolute Gasteiger partial charge is 0.251 e. The first-order valence-corrected chi connectivity index (χ1v) is 13.8. The fraction of sp³-hybridized carbons (Fsp3) is 0.654. The minimum atomic E-state index is -0.758. The molecule has 3 aliphatic rings. The normalized spacial score (nSPS) is 26.1. The highest BCUT2D eigenvalue weighted by Crippen LogP contribution is 2.35. The van der Waals surface area contributed by atoms with Gasteiger partial charge in [-0.1, -0.05) is 27.7 Å². The van der Waals surface area contributed by atoms with Crippen molar-refractivity contribution in [3.63, 3.8) is 0 Å². The minimum Gasteiger partial charge on any atom is -0.369 e. The predicted molar refractivity (Wildman–Crippen MR) is 139 cm³/mol. The topological polar surface area (TPSA) is 82.2 Å². The first-order valence-electron chi connectivity index (χ1n) is 12.5. The van der Waals surface area contributed by atoms with E-state index in [0.717, 1.165) is 38.4 Å². The monoisotopic (exact) mass is 502 g/mol. The van der Waals surface area contributed by atoms with Crippen LogP contribution >= 0.6 is 11.8 Å². The summed E-state index contributed by atoms with van der Waals surface area (Å²) in [5, 5.41) is 3.03. The van der Waals surface area contributed by atoms with Gasteiger partial charge < -0.3 is 24.8 Å². The van der Waals surface area contributed by atoms with Crippen molar-refractivity contribution in [2.75, 3.05) is 57.0 Å². The van der Waals surface area contributed by atoms with Crippen LogP contribution in [0.4, 0.5) is 5.69 Å². The third kappa shape index (κ3) is 5.37. The molecule has 3 saturated heterocycles. The molecule has 1 aromatic rings. The average molecular weight is 503 g/mol. The Labute approximate surface area is 212 Å². The number of piperazine rings is 1. The number of nitrogens with one attached hydrogen (secondary N) is 1.